The molecule has 0 amide bonds. The Kier molecular flexibility index (Phi) is 4.43. The third-order valence-electron chi connectivity index (χ3n) is 6.17. The highest BCUT2D eigenvalue weighted by Crippen LogP contribution is 2.34. The van der Waals surface area contributed by atoms with Gasteiger partial charge in [-0.15, -0.1) is 10.2 Å². The van der Waals surface area contributed by atoms with Gasteiger partial charge in [0.15, 0.2) is 17.1 Å². The van der Waals surface area contributed by atoms with E-state index in [1.54, 1.807) is 18.9 Å². The summed E-state index contributed by atoms with van der Waals surface area (Å²) in [6.45, 7) is 1.67. The molecule has 2 N–H and O–H groups in total. The first-order valence-electron chi connectivity index (χ1n) is 10.0. The van der Waals surface area contributed by atoms with Gasteiger partial charge in [0.2, 0.25) is 0 Å². The lowest BCUT2D eigenvalue weighted by Crippen LogP contribution is -2.55. The SMILES string of the molecule is Cc1cc(=O)c2cc(-c3ncc(N(C)[C@@H]4CC5CCC(N5)[C@@H]4F)nn3)c(O)cc2o1. The van der Waals surface area contributed by atoms with E-state index in [4.69, 9.17) is 4.42 Å². The van der Waals surface area contributed by atoms with E-state index in [9.17, 15) is 14.3 Å². The molecule has 2 unspecified atom stereocenters. The molecule has 2 bridgehead atoms. The van der Waals surface area contributed by atoms with Crippen molar-refractivity contribution in [2.75, 3.05) is 11.9 Å². The average Bonchev–Trinajstić information content (AvgIpc) is 3.13. The summed E-state index contributed by atoms with van der Waals surface area (Å²) in [5.74, 6) is 0.984. The molecule has 4 atom stereocenters. The van der Waals surface area contributed by atoms with Crippen LogP contribution in [0.3, 0.4) is 0 Å². The number of aromatic nitrogens is 3. The van der Waals surface area contributed by atoms with Crippen LogP contribution in [-0.4, -0.2) is 51.6 Å². The van der Waals surface area contributed by atoms with Crippen LogP contribution in [0.1, 0.15) is 25.0 Å². The number of phenolic OH excluding ortho intramolecular Hbond substituents is 1. The summed E-state index contributed by atoms with van der Waals surface area (Å²) in [5, 5.41) is 22.4. The lowest BCUT2D eigenvalue weighted by Gasteiger charge is -2.38. The van der Waals surface area contributed by atoms with E-state index in [1.807, 2.05) is 0 Å². The molecule has 2 aromatic heterocycles. The van der Waals surface area contributed by atoms with Crippen molar-refractivity contribution >= 4 is 16.8 Å². The Hall–Kier alpha value is -3.07. The fourth-order valence-corrected chi connectivity index (χ4v) is 4.56. The van der Waals surface area contributed by atoms with Crippen LogP contribution in [0.15, 0.2) is 33.6 Å². The third-order valence-corrected chi connectivity index (χ3v) is 6.17. The molecule has 2 aliphatic heterocycles. The second-order valence-corrected chi connectivity index (χ2v) is 8.13. The molecule has 2 fully saturated rings. The zero-order valence-corrected chi connectivity index (χ0v) is 16.7. The van der Waals surface area contributed by atoms with Crippen LogP contribution in [-0.2, 0) is 0 Å². The Morgan fingerprint density at radius 2 is 2.10 bits per heavy atom. The topological polar surface area (TPSA) is 104 Å². The van der Waals surface area contributed by atoms with E-state index in [-0.39, 0.29) is 34.6 Å². The minimum atomic E-state index is -0.984. The summed E-state index contributed by atoms with van der Waals surface area (Å²) in [6, 6.07) is 4.20. The normalized spacial score (nSPS) is 25.6. The fraction of sp³-hybridized carbons (Fsp3) is 0.429. The predicted octanol–water partition coefficient (Wildman–Crippen LogP) is 2.33. The Labute approximate surface area is 171 Å². The van der Waals surface area contributed by atoms with Crippen molar-refractivity contribution in [1.82, 2.24) is 20.5 Å². The molecule has 5 rings (SSSR count). The highest BCUT2D eigenvalue weighted by Gasteiger charge is 2.43. The van der Waals surface area contributed by atoms with Crippen molar-refractivity contribution < 1.29 is 13.9 Å². The molecule has 9 heteroatoms. The number of aromatic hydroxyl groups is 1. The molecule has 156 valence electrons. The summed E-state index contributed by atoms with van der Waals surface area (Å²) in [7, 11) is 1.80. The van der Waals surface area contributed by atoms with Crippen molar-refractivity contribution in [3.63, 3.8) is 0 Å². The van der Waals surface area contributed by atoms with Gasteiger partial charge in [0.25, 0.3) is 0 Å². The number of alkyl halides is 1. The molecule has 3 aromatic rings. The molecule has 4 heterocycles. The number of hydrogen-bond acceptors (Lipinski definition) is 8. The van der Waals surface area contributed by atoms with Crippen molar-refractivity contribution in [3.05, 3.63) is 40.4 Å². The second kappa shape index (κ2) is 7.02. The molecule has 8 nitrogen and oxygen atoms in total. The van der Waals surface area contributed by atoms with Gasteiger partial charge in [0, 0.05) is 31.3 Å². The highest BCUT2D eigenvalue weighted by molar-refractivity contribution is 5.85. The monoisotopic (exact) mass is 411 g/mol. The summed E-state index contributed by atoms with van der Waals surface area (Å²) in [5.41, 5.74) is 0.359. The molecule has 2 aliphatic rings. The maximum atomic E-state index is 14.8. The molecule has 0 spiro atoms. The number of benzene rings is 1. The summed E-state index contributed by atoms with van der Waals surface area (Å²) < 4.78 is 20.3. The maximum absolute atomic E-state index is 14.8. The number of nitrogens with one attached hydrogen (secondary N) is 1. The van der Waals surface area contributed by atoms with E-state index in [0.717, 1.165) is 12.8 Å². The average molecular weight is 411 g/mol. The zero-order valence-electron chi connectivity index (χ0n) is 16.7. The number of aryl methyl sites for hydroxylation is 1. The van der Waals surface area contributed by atoms with Crippen molar-refractivity contribution in [1.29, 1.82) is 0 Å². The first-order chi connectivity index (χ1) is 14.4. The number of halogens is 1. The van der Waals surface area contributed by atoms with Crippen LogP contribution < -0.4 is 15.6 Å². The van der Waals surface area contributed by atoms with Gasteiger partial charge in [0.05, 0.1) is 23.2 Å². The molecule has 2 saturated heterocycles. The fourth-order valence-electron chi connectivity index (χ4n) is 4.56. The molecular formula is C21H22FN5O3. The Bertz CT molecular complexity index is 1170. The Balaban J connectivity index is 1.45. The van der Waals surface area contributed by atoms with E-state index >= 15 is 0 Å². The van der Waals surface area contributed by atoms with E-state index < -0.39 is 6.17 Å². The molecular weight excluding hydrogens is 389 g/mol. The van der Waals surface area contributed by atoms with Crippen LogP contribution in [0.5, 0.6) is 5.75 Å². The molecule has 30 heavy (non-hydrogen) atoms. The van der Waals surface area contributed by atoms with Gasteiger partial charge in [-0.3, -0.25) is 4.79 Å². The third kappa shape index (κ3) is 3.09. The number of piperidine rings is 1. The summed E-state index contributed by atoms with van der Waals surface area (Å²) in [4.78, 5) is 18.4. The number of fused-ring (bicyclic) bond motifs is 3. The molecule has 0 aliphatic carbocycles. The lowest BCUT2D eigenvalue weighted by atomic mass is 9.96. The smallest absolute Gasteiger partial charge is 0.192 e. The summed E-state index contributed by atoms with van der Waals surface area (Å²) >= 11 is 0. The minimum absolute atomic E-state index is 0.110. The minimum Gasteiger partial charge on any atom is -0.507 e. The highest BCUT2D eigenvalue weighted by atomic mass is 19.1. The number of anilines is 1. The van der Waals surface area contributed by atoms with Gasteiger partial charge in [-0.1, -0.05) is 0 Å². The van der Waals surface area contributed by atoms with Crippen LogP contribution in [0.2, 0.25) is 0 Å². The number of hydrogen-bond donors (Lipinski definition) is 2. The standard InChI is InChI=1S/C21H22FN5O3/c1-10-5-16(28)12-7-13(17(29)8-18(12)30-10)21-23-9-19(25-26-21)27(2)15-6-11-3-4-14(24-11)20(15)22/h5,7-9,11,14-15,20,24,29H,3-4,6H2,1-2H3/t11?,14?,15-,20+/m1/s1. The van der Waals surface area contributed by atoms with Gasteiger partial charge < -0.3 is 19.7 Å². The van der Waals surface area contributed by atoms with Gasteiger partial charge in [-0.2, -0.15) is 0 Å². The predicted molar refractivity (Wildman–Crippen MR) is 109 cm³/mol. The quantitative estimate of drug-likeness (QED) is 0.677. The van der Waals surface area contributed by atoms with Crippen LogP contribution in [0, 0.1) is 6.92 Å². The zero-order chi connectivity index (χ0) is 21.0. The molecule has 0 saturated carbocycles. The number of phenols is 1. The number of nitrogens with zero attached hydrogens (tertiary/aromatic N) is 4. The molecule has 0 radical (unpaired) electrons. The first-order valence-corrected chi connectivity index (χ1v) is 10.0. The summed E-state index contributed by atoms with van der Waals surface area (Å²) in [6.07, 6.45) is 3.08. The molecule has 1 aromatic carbocycles. The van der Waals surface area contributed by atoms with Crippen molar-refractivity contribution in [2.24, 2.45) is 0 Å². The Morgan fingerprint density at radius 3 is 2.87 bits per heavy atom. The van der Waals surface area contributed by atoms with Crippen LogP contribution in [0.4, 0.5) is 10.2 Å². The maximum Gasteiger partial charge on any atom is 0.192 e. The lowest BCUT2D eigenvalue weighted by molar-refractivity contribution is 0.176. The van der Waals surface area contributed by atoms with Crippen molar-refractivity contribution in [2.45, 2.75) is 50.5 Å². The first kappa shape index (κ1) is 18.9. The number of rotatable bonds is 3. The van der Waals surface area contributed by atoms with Gasteiger partial charge in [-0.05, 0) is 32.3 Å². The second-order valence-electron chi connectivity index (χ2n) is 8.13. The Morgan fingerprint density at radius 1 is 1.27 bits per heavy atom. The van der Waals surface area contributed by atoms with E-state index in [1.165, 1.54) is 24.4 Å². The largest absolute Gasteiger partial charge is 0.507 e. The van der Waals surface area contributed by atoms with Crippen LogP contribution in [0.25, 0.3) is 22.4 Å². The van der Waals surface area contributed by atoms with Gasteiger partial charge in [-0.25, -0.2) is 9.37 Å². The van der Waals surface area contributed by atoms with Gasteiger partial charge >= 0.3 is 0 Å². The van der Waals surface area contributed by atoms with Gasteiger partial charge in [0.1, 0.15) is 23.3 Å². The van der Waals surface area contributed by atoms with E-state index in [2.05, 4.69) is 20.5 Å². The van der Waals surface area contributed by atoms with E-state index in [0.29, 0.717) is 35.0 Å². The van der Waals surface area contributed by atoms with Crippen LogP contribution >= 0.6 is 0 Å². The van der Waals surface area contributed by atoms with Crippen molar-refractivity contribution in [3.8, 4) is 17.1 Å².